The van der Waals surface area contributed by atoms with Crippen LogP contribution < -0.4 is 10.6 Å². The van der Waals surface area contributed by atoms with Crippen LogP contribution in [0, 0.1) is 11.8 Å². The van der Waals surface area contributed by atoms with Gasteiger partial charge in [0.05, 0.1) is 32.9 Å². The van der Waals surface area contributed by atoms with E-state index in [0.717, 1.165) is 11.1 Å². The van der Waals surface area contributed by atoms with Gasteiger partial charge in [-0.05, 0) is 36.3 Å². The highest BCUT2D eigenvalue weighted by Crippen LogP contribution is 2.20. The lowest BCUT2D eigenvalue weighted by Gasteiger charge is -2.27. The standard InChI is InChI=1S/C33H45N3O6/c1-24(2)20-27(32(39)35-29(33(40)41-3)21-26-12-8-5-9-13-26)22-30(37)28(15-14-25-10-6-4-7-11-25)34-31(38)23-36-16-18-42-19-17-36/h4-13,24,27-29H,14-23H2,1-3H3,(H,34,38)(H,35,39)/t27-,28+,29+/m1/s1. The van der Waals surface area contributed by atoms with Crippen molar-refractivity contribution in [3.05, 3.63) is 71.8 Å². The van der Waals surface area contributed by atoms with Gasteiger partial charge in [0.25, 0.3) is 0 Å². The molecule has 1 aliphatic rings. The Labute approximate surface area is 249 Å². The monoisotopic (exact) mass is 579 g/mol. The largest absolute Gasteiger partial charge is 0.467 e. The van der Waals surface area contributed by atoms with E-state index in [2.05, 4.69) is 10.6 Å². The first-order valence-corrected chi connectivity index (χ1v) is 14.8. The summed E-state index contributed by atoms with van der Waals surface area (Å²) in [6.45, 7) is 6.65. The van der Waals surface area contributed by atoms with Crippen LogP contribution in [0.25, 0.3) is 0 Å². The number of nitrogens with one attached hydrogen (secondary N) is 2. The van der Waals surface area contributed by atoms with Crippen molar-refractivity contribution in [3.8, 4) is 0 Å². The molecule has 2 N–H and O–H groups in total. The molecule has 1 saturated heterocycles. The predicted molar refractivity (Wildman–Crippen MR) is 161 cm³/mol. The van der Waals surface area contributed by atoms with Crippen molar-refractivity contribution in [1.82, 2.24) is 15.5 Å². The number of hydrogen-bond acceptors (Lipinski definition) is 7. The second-order valence-corrected chi connectivity index (χ2v) is 11.3. The normalized spacial score (nSPS) is 15.8. The van der Waals surface area contributed by atoms with Crippen molar-refractivity contribution >= 4 is 23.6 Å². The molecule has 9 nitrogen and oxygen atoms in total. The number of methoxy groups -OCH3 is 1. The average molecular weight is 580 g/mol. The molecule has 42 heavy (non-hydrogen) atoms. The van der Waals surface area contributed by atoms with Crippen LogP contribution >= 0.6 is 0 Å². The van der Waals surface area contributed by atoms with E-state index in [9.17, 15) is 19.2 Å². The summed E-state index contributed by atoms with van der Waals surface area (Å²) in [5.41, 5.74) is 1.95. The molecule has 1 aliphatic heterocycles. The fourth-order valence-corrected chi connectivity index (χ4v) is 5.18. The fourth-order valence-electron chi connectivity index (χ4n) is 5.18. The first-order valence-electron chi connectivity index (χ1n) is 14.8. The molecule has 3 atom stereocenters. The van der Waals surface area contributed by atoms with Gasteiger partial charge in [0.1, 0.15) is 6.04 Å². The van der Waals surface area contributed by atoms with Crippen LogP contribution in [-0.2, 0) is 41.5 Å². The molecule has 1 heterocycles. The molecule has 0 bridgehead atoms. The minimum atomic E-state index is -0.878. The number of nitrogens with zero attached hydrogens (tertiary/aromatic N) is 1. The Morgan fingerprint density at radius 1 is 0.881 bits per heavy atom. The summed E-state index contributed by atoms with van der Waals surface area (Å²) in [4.78, 5) is 54.8. The lowest BCUT2D eigenvalue weighted by Crippen LogP contribution is -2.49. The molecular formula is C33H45N3O6. The quantitative estimate of drug-likeness (QED) is 0.294. The molecule has 3 rings (SSSR count). The zero-order valence-electron chi connectivity index (χ0n) is 25.1. The summed E-state index contributed by atoms with van der Waals surface area (Å²) in [6.07, 6.45) is 1.73. The number of amides is 2. The third-order valence-corrected chi connectivity index (χ3v) is 7.42. The third-order valence-electron chi connectivity index (χ3n) is 7.42. The van der Waals surface area contributed by atoms with Gasteiger partial charge in [-0.25, -0.2) is 4.79 Å². The van der Waals surface area contributed by atoms with Gasteiger partial charge in [-0.1, -0.05) is 74.5 Å². The molecule has 1 fully saturated rings. The fraction of sp³-hybridized carbons (Fsp3) is 0.515. The Kier molecular flexibility index (Phi) is 13.7. The molecule has 0 saturated carbocycles. The molecule has 2 amide bonds. The van der Waals surface area contributed by atoms with Gasteiger partial charge in [-0.2, -0.15) is 0 Å². The van der Waals surface area contributed by atoms with E-state index in [1.807, 2.05) is 79.4 Å². The maximum atomic E-state index is 13.7. The predicted octanol–water partition coefficient (Wildman–Crippen LogP) is 2.96. The Balaban J connectivity index is 1.72. The van der Waals surface area contributed by atoms with E-state index in [1.165, 1.54) is 7.11 Å². The van der Waals surface area contributed by atoms with E-state index >= 15 is 0 Å². The highest BCUT2D eigenvalue weighted by molar-refractivity contribution is 5.93. The van der Waals surface area contributed by atoms with Crippen LogP contribution in [0.1, 0.15) is 44.2 Å². The highest BCUT2D eigenvalue weighted by Gasteiger charge is 2.31. The van der Waals surface area contributed by atoms with Gasteiger partial charge in [0, 0.05) is 31.8 Å². The zero-order chi connectivity index (χ0) is 30.3. The van der Waals surface area contributed by atoms with Crippen LogP contribution in [0.2, 0.25) is 0 Å². The Morgan fingerprint density at radius 2 is 1.50 bits per heavy atom. The average Bonchev–Trinajstić information content (AvgIpc) is 2.99. The van der Waals surface area contributed by atoms with Gasteiger partial charge >= 0.3 is 5.97 Å². The number of esters is 1. The minimum absolute atomic E-state index is 0.0411. The first kappa shape index (κ1) is 32.9. The Hall–Kier alpha value is -3.56. The lowest BCUT2D eigenvalue weighted by molar-refractivity contribution is -0.145. The maximum Gasteiger partial charge on any atom is 0.328 e. The second kappa shape index (κ2) is 17.4. The Bertz CT molecular complexity index is 1130. The van der Waals surface area contributed by atoms with Crippen molar-refractivity contribution in [2.24, 2.45) is 11.8 Å². The van der Waals surface area contributed by atoms with E-state index in [-0.39, 0.29) is 42.9 Å². The van der Waals surface area contributed by atoms with E-state index in [4.69, 9.17) is 9.47 Å². The summed E-state index contributed by atoms with van der Waals surface area (Å²) in [5.74, 6) is -1.85. The number of rotatable bonds is 16. The van der Waals surface area contributed by atoms with Gasteiger partial charge in [0.15, 0.2) is 5.78 Å². The molecule has 9 heteroatoms. The van der Waals surface area contributed by atoms with Crippen LogP contribution in [-0.4, -0.2) is 80.5 Å². The summed E-state index contributed by atoms with van der Waals surface area (Å²) in [5, 5.41) is 5.80. The number of morpholine rings is 1. The molecule has 2 aromatic rings. The maximum absolute atomic E-state index is 13.7. The van der Waals surface area contributed by atoms with Crippen molar-refractivity contribution in [2.75, 3.05) is 40.0 Å². The molecule has 0 unspecified atom stereocenters. The smallest absolute Gasteiger partial charge is 0.328 e. The third kappa shape index (κ3) is 11.4. The van der Waals surface area contributed by atoms with Crippen molar-refractivity contribution in [2.45, 2.75) is 58.0 Å². The zero-order valence-corrected chi connectivity index (χ0v) is 25.1. The highest BCUT2D eigenvalue weighted by atomic mass is 16.5. The van der Waals surface area contributed by atoms with E-state index in [1.54, 1.807) is 0 Å². The first-order chi connectivity index (χ1) is 20.2. The number of ether oxygens (including phenoxy) is 2. The number of ketones is 1. The van der Waals surface area contributed by atoms with Crippen LogP contribution in [0.4, 0.5) is 0 Å². The topological polar surface area (TPSA) is 114 Å². The SMILES string of the molecule is COC(=O)[C@H](Cc1ccccc1)NC(=O)[C@@H](CC(=O)[C@H](CCc1ccccc1)NC(=O)CN1CCOCC1)CC(C)C. The number of hydrogen-bond donors (Lipinski definition) is 2. The number of carbonyl (C=O) groups excluding carboxylic acids is 4. The van der Waals surface area contributed by atoms with Crippen molar-refractivity contribution in [3.63, 3.8) is 0 Å². The van der Waals surface area contributed by atoms with Gasteiger partial charge in [-0.15, -0.1) is 0 Å². The minimum Gasteiger partial charge on any atom is -0.467 e. The van der Waals surface area contributed by atoms with Crippen molar-refractivity contribution in [1.29, 1.82) is 0 Å². The second-order valence-electron chi connectivity index (χ2n) is 11.3. The lowest BCUT2D eigenvalue weighted by atomic mass is 9.88. The summed E-state index contributed by atoms with van der Waals surface area (Å²) in [6, 6.07) is 17.6. The molecule has 0 spiro atoms. The molecule has 2 aromatic carbocycles. The van der Waals surface area contributed by atoms with E-state index < -0.39 is 24.0 Å². The molecular weight excluding hydrogens is 534 g/mol. The van der Waals surface area contributed by atoms with Gasteiger partial charge in [0.2, 0.25) is 11.8 Å². The van der Waals surface area contributed by atoms with Crippen LogP contribution in [0.5, 0.6) is 0 Å². The number of benzene rings is 2. The van der Waals surface area contributed by atoms with Crippen LogP contribution in [0.3, 0.4) is 0 Å². The number of aryl methyl sites for hydroxylation is 1. The van der Waals surface area contributed by atoms with E-state index in [0.29, 0.717) is 45.6 Å². The number of carbonyl (C=O) groups is 4. The summed E-state index contributed by atoms with van der Waals surface area (Å²) in [7, 11) is 1.29. The molecule has 0 aromatic heterocycles. The Morgan fingerprint density at radius 3 is 2.10 bits per heavy atom. The molecule has 228 valence electrons. The van der Waals surface area contributed by atoms with Crippen molar-refractivity contribution < 1.29 is 28.7 Å². The molecule has 0 radical (unpaired) electrons. The van der Waals surface area contributed by atoms with Gasteiger partial charge in [-0.3, -0.25) is 19.3 Å². The number of Topliss-reactive ketones (excluding diaryl/α,β-unsaturated/α-hetero) is 1. The summed E-state index contributed by atoms with van der Waals surface area (Å²) >= 11 is 0. The summed E-state index contributed by atoms with van der Waals surface area (Å²) < 4.78 is 10.3. The van der Waals surface area contributed by atoms with Crippen LogP contribution in [0.15, 0.2) is 60.7 Å². The van der Waals surface area contributed by atoms with Gasteiger partial charge < -0.3 is 20.1 Å². The molecule has 0 aliphatic carbocycles.